The van der Waals surface area contributed by atoms with Crippen molar-refractivity contribution in [3.05, 3.63) is 34.9 Å². The van der Waals surface area contributed by atoms with E-state index < -0.39 is 0 Å². The van der Waals surface area contributed by atoms with Gasteiger partial charge in [0.15, 0.2) is 5.96 Å². The Morgan fingerprint density at radius 3 is 2.80 bits per heavy atom. The number of likely N-dealkylation sites (N-methyl/N-ethyl adjacent to an activating group) is 1. The molecular weight excluding hydrogens is 270 g/mol. The molecule has 1 aromatic carbocycles. The summed E-state index contributed by atoms with van der Waals surface area (Å²) in [5, 5.41) is 4.40. The number of benzene rings is 1. The third-order valence-electron chi connectivity index (χ3n) is 4.64. The zero-order valence-corrected chi connectivity index (χ0v) is 12.8. The van der Waals surface area contributed by atoms with Crippen molar-refractivity contribution in [2.45, 2.75) is 31.1 Å². The van der Waals surface area contributed by atoms with E-state index in [1.807, 2.05) is 6.07 Å². The summed E-state index contributed by atoms with van der Waals surface area (Å²) < 4.78 is 0. The molecule has 4 heteroatoms. The van der Waals surface area contributed by atoms with Gasteiger partial charge in [0, 0.05) is 30.6 Å². The Kier molecular flexibility index (Phi) is 3.88. The van der Waals surface area contributed by atoms with Crippen LogP contribution >= 0.6 is 11.6 Å². The highest BCUT2D eigenvalue weighted by molar-refractivity contribution is 6.30. The van der Waals surface area contributed by atoms with E-state index >= 15 is 0 Å². The molecule has 0 amide bonds. The molecule has 2 aliphatic rings. The van der Waals surface area contributed by atoms with Crippen molar-refractivity contribution in [2.75, 3.05) is 26.7 Å². The number of aliphatic imine (C=N–C) groups is 1. The summed E-state index contributed by atoms with van der Waals surface area (Å²) in [6.45, 7) is 2.88. The minimum Gasteiger partial charge on any atom is -0.355 e. The van der Waals surface area contributed by atoms with Gasteiger partial charge in [-0.2, -0.15) is 0 Å². The number of guanidine groups is 1. The molecule has 1 saturated carbocycles. The monoisotopic (exact) mass is 291 g/mol. The van der Waals surface area contributed by atoms with Crippen molar-refractivity contribution in [1.82, 2.24) is 10.2 Å². The van der Waals surface area contributed by atoms with Crippen LogP contribution in [-0.2, 0) is 5.41 Å². The Bertz CT molecular complexity index is 506. The van der Waals surface area contributed by atoms with Crippen LogP contribution in [0.2, 0.25) is 5.02 Å². The molecule has 20 heavy (non-hydrogen) atoms. The van der Waals surface area contributed by atoms with Gasteiger partial charge in [-0.05, 0) is 30.5 Å². The second kappa shape index (κ2) is 5.65. The molecule has 1 aliphatic heterocycles. The summed E-state index contributed by atoms with van der Waals surface area (Å²) in [5.74, 6) is 1.04. The van der Waals surface area contributed by atoms with E-state index in [9.17, 15) is 0 Å². The Hall–Kier alpha value is -1.22. The molecule has 1 aromatic rings. The van der Waals surface area contributed by atoms with Gasteiger partial charge >= 0.3 is 0 Å². The first-order valence-electron chi connectivity index (χ1n) is 7.45. The van der Waals surface area contributed by atoms with Gasteiger partial charge in [-0.25, -0.2) is 0 Å². The number of hydrogen-bond donors (Lipinski definition) is 1. The summed E-state index contributed by atoms with van der Waals surface area (Å²) in [7, 11) is 2.10. The van der Waals surface area contributed by atoms with Gasteiger partial charge in [0.2, 0.25) is 0 Å². The number of rotatable bonds is 3. The average Bonchev–Trinajstić information content (AvgIpc) is 3.06. The van der Waals surface area contributed by atoms with E-state index in [2.05, 4.69) is 40.5 Å². The van der Waals surface area contributed by atoms with Crippen LogP contribution in [-0.4, -0.2) is 37.5 Å². The van der Waals surface area contributed by atoms with Crippen LogP contribution in [0.15, 0.2) is 29.3 Å². The van der Waals surface area contributed by atoms with Crippen LogP contribution < -0.4 is 5.32 Å². The average molecular weight is 292 g/mol. The number of halogens is 1. The second-order valence-corrected chi connectivity index (χ2v) is 6.41. The van der Waals surface area contributed by atoms with E-state index in [-0.39, 0.29) is 5.41 Å². The van der Waals surface area contributed by atoms with Crippen molar-refractivity contribution >= 4 is 17.6 Å². The van der Waals surface area contributed by atoms with Crippen molar-refractivity contribution in [2.24, 2.45) is 4.99 Å². The van der Waals surface area contributed by atoms with Crippen LogP contribution in [0.5, 0.6) is 0 Å². The summed E-state index contributed by atoms with van der Waals surface area (Å²) in [5.41, 5.74) is 1.59. The quantitative estimate of drug-likeness (QED) is 0.927. The third-order valence-corrected chi connectivity index (χ3v) is 4.88. The first-order chi connectivity index (χ1) is 9.70. The fourth-order valence-electron chi connectivity index (χ4n) is 3.41. The summed E-state index contributed by atoms with van der Waals surface area (Å²) >= 11 is 6.18. The molecule has 0 saturated heterocycles. The normalized spacial score (nSPS) is 21.1. The maximum atomic E-state index is 6.18. The van der Waals surface area contributed by atoms with E-state index in [1.165, 1.54) is 31.2 Å². The van der Waals surface area contributed by atoms with Crippen molar-refractivity contribution in [1.29, 1.82) is 0 Å². The molecule has 1 fully saturated rings. The molecule has 0 unspecified atom stereocenters. The van der Waals surface area contributed by atoms with Crippen LogP contribution in [0.3, 0.4) is 0 Å². The van der Waals surface area contributed by atoms with Crippen molar-refractivity contribution in [3.63, 3.8) is 0 Å². The Morgan fingerprint density at radius 2 is 2.15 bits per heavy atom. The number of hydrogen-bond acceptors (Lipinski definition) is 3. The fraction of sp³-hybridized carbons (Fsp3) is 0.562. The van der Waals surface area contributed by atoms with E-state index in [1.54, 1.807) is 0 Å². The smallest absolute Gasteiger partial charge is 0.193 e. The van der Waals surface area contributed by atoms with Gasteiger partial charge in [0.05, 0.1) is 6.54 Å². The zero-order chi connectivity index (χ0) is 14.0. The molecule has 1 aliphatic carbocycles. The third kappa shape index (κ3) is 2.64. The Labute approximate surface area is 126 Å². The standard InChI is InChI=1S/C16H22ClN3/c1-20-10-9-18-15(20)19-12-16(7-2-3-8-16)13-5-4-6-14(17)11-13/h4-6,11H,2-3,7-10,12H2,1H3,(H,18,19). The van der Waals surface area contributed by atoms with E-state index in [0.29, 0.717) is 0 Å². The van der Waals surface area contributed by atoms with E-state index in [0.717, 1.165) is 30.6 Å². The fourth-order valence-corrected chi connectivity index (χ4v) is 3.60. The van der Waals surface area contributed by atoms with E-state index in [4.69, 9.17) is 11.6 Å². The molecule has 0 atom stereocenters. The molecule has 1 N–H and O–H groups in total. The molecule has 0 spiro atoms. The highest BCUT2D eigenvalue weighted by Gasteiger charge is 2.36. The second-order valence-electron chi connectivity index (χ2n) is 5.98. The van der Waals surface area contributed by atoms with Gasteiger partial charge in [-0.1, -0.05) is 36.6 Å². The maximum Gasteiger partial charge on any atom is 0.193 e. The predicted molar refractivity (Wildman–Crippen MR) is 84.5 cm³/mol. The van der Waals surface area contributed by atoms with Crippen molar-refractivity contribution < 1.29 is 0 Å². The van der Waals surface area contributed by atoms with Crippen LogP contribution in [0, 0.1) is 0 Å². The first-order valence-corrected chi connectivity index (χ1v) is 7.83. The molecule has 1 heterocycles. The highest BCUT2D eigenvalue weighted by atomic mass is 35.5. The Morgan fingerprint density at radius 1 is 1.35 bits per heavy atom. The van der Waals surface area contributed by atoms with Gasteiger partial charge in [-0.15, -0.1) is 0 Å². The number of nitrogens with one attached hydrogen (secondary N) is 1. The lowest BCUT2D eigenvalue weighted by atomic mass is 9.79. The topological polar surface area (TPSA) is 27.6 Å². The van der Waals surface area contributed by atoms with Gasteiger partial charge < -0.3 is 10.2 Å². The SMILES string of the molecule is CN1CCN=C1NCC1(c2cccc(Cl)c2)CCCC1. The zero-order valence-electron chi connectivity index (χ0n) is 12.0. The molecule has 3 rings (SSSR count). The van der Waals surface area contributed by atoms with Crippen LogP contribution in [0.1, 0.15) is 31.2 Å². The maximum absolute atomic E-state index is 6.18. The lowest BCUT2D eigenvalue weighted by Gasteiger charge is -2.31. The lowest BCUT2D eigenvalue weighted by molar-refractivity contribution is 0.422. The summed E-state index contributed by atoms with van der Waals surface area (Å²) in [6.07, 6.45) is 5.07. The summed E-state index contributed by atoms with van der Waals surface area (Å²) in [4.78, 5) is 6.72. The molecule has 3 nitrogen and oxygen atoms in total. The molecular formula is C16H22ClN3. The molecule has 0 radical (unpaired) electrons. The lowest BCUT2D eigenvalue weighted by Crippen LogP contribution is -2.43. The minimum atomic E-state index is 0.219. The van der Waals surface area contributed by atoms with Gasteiger partial charge in [-0.3, -0.25) is 4.99 Å². The minimum absolute atomic E-state index is 0.219. The van der Waals surface area contributed by atoms with Crippen LogP contribution in [0.25, 0.3) is 0 Å². The number of nitrogens with zero attached hydrogens (tertiary/aromatic N) is 2. The predicted octanol–water partition coefficient (Wildman–Crippen LogP) is 3.04. The highest BCUT2D eigenvalue weighted by Crippen LogP contribution is 2.41. The molecule has 108 valence electrons. The molecule has 0 bridgehead atoms. The van der Waals surface area contributed by atoms with Gasteiger partial charge in [0.25, 0.3) is 0 Å². The van der Waals surface area contributed by atoms with Gasteiger partial charge in [0.1, 0.15) is 0 Å². The van der Waals surface area contributed by atoms with Crippen molar-refractivity contribution in [3.8, 4) is 0 Å². The summed E-state index contributed by atoms with van der Waals surface area (Å²) in [6, 6.07) is 8.38. The first kappa shape index (κ1) is 13.7. The van der Waals surface area contributed by atoms with Crippen LogP contribution in [0.4, 0.5) is 0 Å². The largest absolute Gasteiger partial charge is 0.355 e. The Balaban J connectivity index is 1.78. The molecule has 0 aromatic heterocycles.